The van der Waals surface area contributed by atoms with E-state index in [0.29, 0.717) is 35.1 Å². The van der Waals surface area contributed by atoms with E-state index in [2.05, 4.69) is 25.8 Å². The summed E-state index contributed by atoms with van der Waals surface area (Å²) in [6.07, 6.45) is 2.25. The number of carbonyl (C=O) groups excluding carboxylic acids is 2. The molecule has 2 amide bonds. The van der Waals surface area contributed by atoms with E-state index in [9.17, 15) is 9.59 Å². The van der Waals surface area contributed by atoms with Crippen LogP contribution in [0.15, 0.2) is 72.8 Å². The monoisotopic (exact) mass is 465 g/mol. The van der Waals surface area contributed by atoms with Crippen LogP contribution in [0.2, 0.25) is 0 Å². The predicted octanol–water partition coefficient (Wildman–Crippen LogP) is 4.54. The average molecular weight is 466 g/mol. The fraction of sp³-hybridized carbons (Fsp3) is 0.185. The van der Waals surface area contributed by atoms with Gasteiger partial charge in [0.25, 0.3) is 11.8 Å². The number of para-hydroxylation sites is 1. The first-order valence-corrected chi connectivity index (χ1v) is 11.6. The normalized spacial score (nSPS) is 16.3. The zero-order chi connectivity index (χ0) is 23.8. The van der Waals surface area contributed by atoms with Crippen molar-refractivity contribution in [3.05, 3.63) is 89.7 Å². The van der Waals surface area contributed by atoms with Crippen molar-refractivity contribution in [1.82, 2.24) is 15.2 Å². The summed E-state index contributed by atoms with van der Waals surface area (Å²) in [6.45, 7) is 0. The molecule has 1 aromatic heterocycles. The SMILES string of the molecule is O=C(Nc1ccc(-c2n[nH]c(C3CC3)n2)cc1)c1cccc(NC(=O)C2Cc3ccccc3O2)c1. The van der Waals surface area contributed by atoms with Crippen LogP contribution in [-0.2, 0) is 11.2 Å². The summed E-state index contributed by atoms with van der Waals surface area (Å²) in [5.74, 6) is 2.32. The summed E-state index contributed by atoms with van der Waals surface area (Å²) in [4.78, 5) is 30.1. The first-order valence-electron chi connectivity index (χ1n) is 11.6. The lowest BCUT2D eigenvalue weighted by atomic mass is 10.1. The van der Waals surface area contributed by atoms with Crippen molar-refractivity contribution in [1.29, 1.82) is 0 Å². The Morgan fingerprint density at radius 1 is 0.914 bits per heavy atom. The second-order valence-corrected chi connectivity index (χ2v) is 8.84. The van der Waals surface area contributed by atoms with Crippen molar-refractivity contribution >= 4 is 23.2 Å². The van der Waals surface area contributed by atoms with Gasteiger partial charge in [-0.1, -0.05) is 24.3 Å². The van der Waals surface area contributed by atoms with Crippen molar-refractivity contribution in [2.75, 3.05) is 10.6 Å². The number of ether oxygens (including phenoxy) is 1. The minimum absolute atomic E-state index is 0.244. The Morgan fingerprint density at radius 2 is 1.74 bits per heavy atom. The molecule has 8 heteroatoms. The molecule has 1 saturated carbocycles. The smallest absolute Gasteiger partial charge is 0.265 e. The van der Waals surface area contributed by atoms with Crippen LogP contribution in [0.5, 0.6) is 5.75 Å². The highest BCUT2D eigenvalue weighted by atomic mass is 16.5. The molecule has 0 radical (unpaired) electrons. The van der Waals surface area contributed by atoms with Crippen LogP contribution in [0, 0.1) is 0 Å². The standard InChI is InChI=1S/C27H23N5O3/c33-26(28-20-12-10-17(11-13-20)25-30-24(31-32-25)16-8-9-16)19-5-3-6-21(14-19)29-27(34)23-15-18-4-1-2-7-22(18)35-23/h1-7,10-14,16,23H,8-9,15H2,(H,28,33)(H,29,34)(H,30,31,32). The third kappa shape index (κ3) is 4.50. The number of carbonyl (C=O) groups is 2. The van der Waals surface area contributed by atoms with Crippen molar-refractivity contribution in [3.8, 4) is 17.1 Å². The van der Waals surface area contributed by atoms with Crippen molar-refractivity contribution < 1.29 is 14.3 Å². The van der Waals surface area contributed by atoms with Gasteiger partial charge < -0.3 is 15.4 Å². The number of aromatic amines is 1. The van der Waals surface area contributed by atoms with Gasteiger partial charge in [0.2, 0.25) is 0 Å². The molecule has 0 spiro atoms. The summed E-state index contributed by atoms with van der Waals surface area (Å²) in [5, 5.41) is 13.0. The molecule has 0 bridgehead atoms. The van der Waals surface area contributed by atoms with E-state index in [1.54, 1.807) is 24.3 Å². The highest BCUT2D eigenvalue weighted by molar-refractivity contribution is 6.05. The molecule has 1 atom stereocenters. The highest BCUT2D eigenvalue weighted by Gasteiger charge is 2.29. The molecule has 8 nitrogen and oxygen atoms in total. The lowest BCUT2D eigenvalue weighted by molar-refractivity contribution is -0.122. The number of anilines is 2. The van der Waals surface area contributed by atoms with Crippen LogP contribution in [0.1, 0.15) is 40.5 Å². The molecule has 4 aromatic rings. The number of nitrogens with one attached hydrogen (secondary N) is 3. The molecule has 2 heterocycles. The van der Waals surface area contributed by atoms with Crippen molar-refractivity contribution in [2.45, 2.75) is 31.3 Å². The van der Waals surface area contributed by atoms with Gasteiger partial charge in [-0.05, 0) is 66.9 Å². The van der Waals surface area contributed by atoms with E-state index >= 15 is 0 Å². The third-order valence-electron chi connectivity index (χ3n) is 6.20. The van der Waals surface area contributed by atoms with E-state index in [0.717, 1.165) is 35.5 Å². The Labute approximate surface area is 201 Å². The first-order chi connectivity index (χ1) is 17.1. The highest BCUT2D eigenvalue weighted by Crippen LogP contribution is 2.38. The van der Waals surface area contributed by atoms with Gasteiger partial charge in [0.05, 0.1) is 0 Å². The molecule has 1 aliphatic heterocycles. The number of rotatable bonds is 6. The molecular formula is C27H23N5O3. The molecule has 1 unspecified atom stereocenters. The van der Waals surface area contributed by atoms with Gasteiger partial charge in [-0.3, -0.25) is 14.7 Å². The summed E-state index contributed by atoms with van der Waals surface area (Å²) < 4.78 is 5.75. The van der Waals surface area contributed by atoms with Crippen molar-refractivity contribution in [3.63, 3.8) is 0 Å². The minimum atomic E-state index is -0.590. The number of H-pyrrole nitrogens is 1. The zero-order valence-electron chi connectivity index (χ0n) is 18.8. The minimum Gasteiger partial charge on any atom is -0.480 e. The van der Waals surface area contributed by atoms with E-state index in [-0.39, 0.29) is 11.8 Å². The van der Waals surface area contributed by atoms with Crippen LogP contribution >= 0.6 is 0 Å². The van der Waals surface area contributed by atoms with Gasteiger partial charge in [0.15, 0.2) is 11.9 Å². The number of nitrogens with zero attached hydrogens (tertiary/aromatic N) is 2. The predicted molar refractivity (Wildman–Crippen MR) is 131 cm³/mol. The van der Waals surface area contributed by atoms with Crippen LogP contribution in [0.3, 0.4) is 0 Å². The van der Waals surface area contributed by atoms with E-state index in [4.69, 9.17) is 4.74 Å². The number of fused-ring (bicyclic) bond motifs is 1. The van der Waals surface area contributed by atoms with E-state index < -0.39 is 6.10 Å². The molecule has 174 valence electrons. The van der Waals surface area contributed by atoms with Gasteiger partial charge in [0, 0.05) is 34.8 Å². The Bertz CT molecular complexity index is 1380. The number of hydrogen-bond acceptors (Lipinski definition) is 5. The maximum Gasteiger partial charge on any atom is 0.265 e. The third-order valence-corrected chi connectivity index (χ3v) is 6.20. The van der Waals surface area contributed by atoms with Gasteiger partial charge >= 0.3 is 0 Å². The van der Waals surface area contributed by atoms with Crippen molar-refractivity contribution in [2.24, 2.45) is 0 Å². The van der Waals surface area contributed by atoms with Gasteiger partial charge in [0.1, 0.15) is 11.6 Å². The van der Waals surface area contributed by atoms with E-state index in [1.165, 1.54) is 0 Å². The Morgan fingerprint density at radius 3 is 2.54 bits per heavy atom. The van der Waals surface area contributed by atoms with Gasteiger partial charge in [-0.15, -0.1) is 0 Å². The van der Waals surface area contributed by atoms with Crippen LogP contribution < -0.4 is 15.4 Å². The van der Waals surface area contributed by atoms with Gasteiger partial charge in [-0.25, -0.2) is 4.98 Å². The zero-order valence-corrected chi connectivity index (χ0v) is 18.8. The summed E-state index contributed by atoms with van der Waals surface area (Å²) in [6, 6.07) is 21.9. The molecule has 3 N–H and O–H groups in total. The fourth-order valence-electron chi connectivity index (χ4n) is 4.14. The molecule has 1 aliphatic carbocycles. The largest absolute Gasteiger partial charge is 0.480 e. The van der Waals surface area contributed by atoms with Crippen LogP contribution in [0.25, 0.3) is 11.4 Å². The molecule has 1 fully saturated rings. The Balaban J connectivity index is 1.09. The maximum absolute atomic E-state index is 12.8. The Hall–Kier alpha value is -4.46. The maximum atomic E-state index is 12.8. The van der Waals surface area contributed by atoms with Crippen LogP contribution in [-0.4, -0.2) is 33.1 Å². The molecular weight excluding hydrogens is 442 g/mol. The average Bonchev–Trinajstić information content (AvgIpc) is 3.44. The molecule has 2 aliphatic rings. The summed E-state index contributed by atoms with van der Waals surface area (Å²) in [7, 11) is 0. The number of benzene rings is 3. The van der Waals surface area contributed by atoms with E-state index in [1.807, 2.05) is 48.5 Å². The summed E-state index contributed by atoms with van der Waals surface area (Å²) >= 11 is 0. The summed E-state index contributed by atoms with van der Waals surface area (Å²) in [5.41, 5.74) is 3.52. The second-order valence-electron chi connectivity index (χ2n) is 8.84. The number of hydrogen-bond donors (Lipinski definition) is 3. The lowest BCUT2D eigenvalue weighted by Gasteiger charge is -2.12. The topological polar surface area (TPSA) is 109 Å². The number of aromatic nitrogens is 3. The molecule has 3 aromatic carbocycles. The number of amides is 2. The van der Waals surface area contributed by atoms with Crippen LogP contribution in [0.4, 0.5) is 11.4 Å². The fourth-order valence-corrected chi connectivity index (χ4v) is 4.14. The lowest BCUT2D eigenvalue weighted by Crippen LogP contribution is -2.31. The first kappa shape index (κ1) is 21.1. The Kier molecular flexibility index (Phi) is 5.25. The second kappa shape index (κ2) is 8.72. The quantitative estimate of drug-likeness (QED) is 0.387. The van der Waals surface area contributed by atoms with Gasteiger partial charge in [-0.2, -0.15) is 5.10 Å². The molecule has 35 heavy (non-hydrogen) atoms. The molecule has 0 saturated heterocycles. The molecule has 6 rings (SSSR count).